The van der Waals surface area contributed by atoms with Crippen LogP contribution < -0.4 is 5.73 Å². The Bertz CT molecular complexity index is 491. The van der Waals surface area contributed by atoms with Crippen LogP contribution in [0.4, 0.5) is 0 Å². The van der Waals surface area contributed by atoms with Crippen molar-refractivity contribution in [3.05, 3.63) is 41.9 Å². The molecule has 1 unspecified atom stereocenters. The molecular formula is C13H16N4. The molecule has 0 aliphatic carbocycles. The zero-order chi connectivity index (χ0) is 12.3. The van der Waals surface area contributed by atoms with Gasteiger partial charge in [-0.25, -0.2) is 9.97 Å². The molecule has 2 N–H and O–H groups in total. The van der Waals surface area contributed by atoms with E-state index >= 15 is 0 Å². The van der Waals surface area contributed by atoms with Crippen LogP contribution in [-0.4, -0.2) is 21.0 Å². The lowest BCUT2D eigenvalue weighted by atomic mass is 10.1. The van der Waals surface area contributed by atoms with Crippen LogP contribution in [0.5, 0.6) is 0 Å². The Labute approximate surface area is 101 Å². The van der Waals surface area contributed by atoms with Crippen molar-refractivity contribution in [1.82, 2.24) is 15.0 Å². The molecular weight excluding hydrogens is 212 g/mol. The monoisotopic (exact) mass is 228 g/mol. The Balaban J connectivity index is 2.23. The van der Waals surface area contributed by atoms with E-state index in [1.165, 1.54) is 0 Å². The molecule has 17 heavy (non-hydrogen) atoms. The molecule has 0 fully saturated rings. The quantitative estimate of drug-likeness (QED) is 0.869. The summed E-state index contributed by atoms with van der Waals surface area (Å²) in [5, 5.41) is 0. The maximum atomic E-state index is 5.73. The van der Waals surface area contributed by atoms with Crippen LogP contribution in [0.15, 0.2) is 30.7 Å². The van der Waals surface area contributed by atoms with Crippen LogP contribution >= 0.6 is 0 Å². The third kappa shape index (κ3) is 3.07. The fourth-order valence-electron chi connectivity index (χ4n) is 1.62. The van der Waals surface area contributed by atoms with Gasteiger partial charge < -0.3 is 5.73 Å². The van der Waals surface area contributed by atoms with E-state index in [1.807, 2.05) is 38.4 Å². The highest BCUT2D eigenvalue weighted by Gasteiger charge is 2.04. The van der Waals surface area contributed by atoms with Crippen molar-refractivity contribution in [2.45, 2.75) is 26.3 Å². The molecule has 2 rings (SSSR count). The average Bonchev–Trinajstić information content (AvgIpc) is 2.29. The molecule has 2 aromatic rings. The molecule has 0 saturated carbocycles. The molecule has 1 atom stereocenters. The Morgan fingerprint density at radius 2 is 1.94 bits per heavy atom. The van der Waals surface area contributed by atoms with E-state index in [2.05, 4.69) is 15.0 Å². The SMILES string of the molecule is Cc1ccnc(-c2ncc(CC(C)N)cn2)c1. The van der Waals surface area contributed by atoms with Crippen LogP contribution in [0, 0.1) is 6.92 Å². The van der Waals surface area contributed by atoms with Crippen molar-refractivity contribution in [3.8, 4) is 11.5 Å². The van der Waals surface area contributed by atoms with Gasteiger partial charge in [0.1, 0.15) is 5.69 Å². The Morgan fingerprint density at radius 1 is 1.24 bits per heavy atom. The third-order valence-corrected chi connectivity index (χ3v) is 2.41. The lowest BCUT2D eigenvalue weighted by molar-refractivity contribution is 0.732. The second kappa shape index (κ2) is 5.01. The van der Waals surface area contributed by atoms with E-state index in [9.17, 15) is 0 Å². The van der Waals surface area contributed by atoms with Gasteiger partial charge in [-0.05, 0) is 43.5 Å². The van der Waals surface area contributed by atoms with E-state index in [-0.39, 0.29) is 6.04 Å². The molecule has 4 heteroatoms. The summed E-state index contributed by atoms with van der Waals surface area (Å²) in [6.07, 6.45) is 6.19. The number of hydrogen-bond donors (Lipinski definition) is 1. The Hall–Kier alpha value is -1.81. The minimum atomic E-state index is 0.126. The number of aryl methyl sites for hydroxylation is 1. The van der Waals surface area contributed by atoms with Crippen molar-refractivity contribution in [3.63, 3.8) is 0 Å². The fraction of sp³-hybridized carbons (Fsp3) is 0.308. The summed E-state index contributed by atoms with van der Waals surface area (Å²) in [5.41, 5.74) is 8.73. The summed E-state index contributed by atoms with van der Waals surface area (Å²) in [6, 6.07) is 4.05. The standard InChI is InChI=1S/C13H16N4/c1-9-3-4-15-12(5-9)13-16-7-11(8-17-13)6-10(2)14/h3-5,7-8,10H,6,14H2,1-2H3. The highest BCUT2D eigenvalue weighted by atomic mass is 14.9. The predicted molar refractivity (Wildman–Crippen MR) is 67.4 cm³/mol. The third-order valence-electron chi connectivity index (χ3n) is 2.41. The Morgan fingerprint density at radius 3 is 2.53 bits per heavy atom. The average molecular weight is 228 g/mol. The molecule has 0 radical (unpaired) electrons. The number of rotatable bonds is 3. The van der Waals surface area contributed by atoms with Gasteiger partial charge in [0.2, 0.25) is 0 Å². The number of hydrogen-bond acceptors (Lipinski definition) is 4. The number of pyridine rings is 1. The van der Waals surface area contributed by atoms with Crippen molar-refractivity contribution >= 4 is 0 Å². The Kier molecular flexibility index (Phi) is 3.44. The van der Waals surface area contributed by atoms with Gasteiger partial charge in [0.15, 0.2) is 5.82 Å². The largest absolute Gasteiger partial charge is 0.328 e. The molecule has 0 aromatic carbocycles. The summed E-state index contributed by atoms with van der Waals surface area (Å²) in [7, 11) is 0. The van der Waals surface area contributed by atoms with Gasteiger partial charge in [0.05, 0.1) is 0 Å². The maximum Gasteiger partial charge on any atom is 0.178 e. The van der Waals surface area contributed by atoms with E-state index in [1.54, 1.807) is 6.20 Å². The van der Waals surface area contributed by atoms with Crippen LogP contribution in [0.1, 0.15) is 18.1 Å². The number of nitrogens with two attached hydrogens (primary N) is 1. The summed E-state index contributed by atoms with van der Waals surface area (Å²) in [5.74, 6) is 0.655. The number of nitrogens with zero attached hydrogens (tertiary/aromatic N) is 3. The first-order valence-corrected chi connectivity index (χ1v) is 5.64. The van der Waals surface area contributed by atoms with Gasteiger partial charge in [-0.1, -0.05) is 0 Å². The van der Waals surface area contributed by atoms with Crippen LogP contribution in [0.3, 0.4) is 0 Å². The van der Waals surface area contributed by atoms with Crippen molar-refractivity contribution in [1.29, 1.82) is 0 Å². The topological polar surface area (TPSA) is 64.7 Å². The van der Waals surface area contributed by atoms with E-state index in [0.29, 0.717) is 5.82 Å². The second-order valence-electron chi connectivity index (χ2n) is 4.31. The first-order valence-electron chi connectivity index (χ1n) is 5.64. The van der Waals surface area contributed by atoms with Gasteiger partial charge in [0.25, 0.3) is 0 Å². The summed E-state index contributed by atoms with van der Waals surface area (Å²) < 4.78 is 0. The molecule has 88 valence electrons. The van der Waals surface area contributed by atoms with Crippen molar-refractivity contribution < 1.29 is 0 Å². The number of aromatic nitrogens is 3. The molecule has 0 spiro atoms. The summed E-state index contributed by atoms with van der Waals surface area (Å²) in [6.45, 7) is 3.99. The minimum Gasteiger partial charge on any atom is -0.328 e. The van der Waals surface area contributed by atoms with Gasteiger partial charge in [-0.2, -0.15) is 0 Å². The highest BCUT2D eigenvalue weighted by Crippen LogP contribution is 2.12. The fourth-order valence-corrected chi connectivity index (χ4v) is 1.62. The lowest BCUT2D eigenvalue weighted by Crippen LogP contribution is -2.18. The van der Waals surface area contributed by atoms with E-state index in [4.69, 9.17) is 5.73 Å². The van der Waals surface area contributed by atoms with Crippen LogP contribution in [0.2, 0.25) is 0 Å². The summed E-state index contributed by atoms with van der Waals surface area (Å²) >= 11 is 0. The highest BCUT2D eigenvalue weighted by molar-refractivity contribution is 5.49. The molecule has 2 heterocycles. The molecule has 0 aliphatic rings. The normalized spacial score (nSPS) is 12.4. The molecule has 0 saturated heterocycles. The van der Waals surface area contributed by atoms with Gasteiger partial charge in [-0.15, -0.1) is 0 Å². The van der Waals surface area contributed by atoms with Gasteiger partial charge >= 0.3 is 0 Å². The molecule has 0 bridgehead atoms. The van der Waals surface area contributed by atoms with Crippen molar-refractivity contribution in [2.24, 2.45) is 5.73 Å². The van der Waals surface area contributed by atoms with Gasteiger partial charge in [0, 0.05) is 24.6 Å². The van der Waals surface area contributed by atoms with E-state index in [0.717, 1.165) is 23.2 Å². The first-order chi connectivity index (χ1) is 8.15. The summed E-state index contributed by atoms with van der Waals surface area (Å²) in [4.78, 5) is 12.9. The zero-order valence-corrected chi connectivity index (χ0v) is 10.1. The second-order valence-corrected chi connectivity index (χ2v) is 4.31. The van der Waals surface area contributed by atoms with Crippen LogP contribution in [0.25, 0.3) is 11.5 Å². The van der Waals surface area contributed by atoms with Crippen molar-refractivity contribution in [2.75, 3.05) is 0 Å². The van der Waals surface area contributed by atoms with E-state index < -0.39 is 0 Å². The van der Waals surface area contributed by atoms with Crippen LogP contribution in [-0.2, 0) is 6.42 Å². The molecule has 4 nitrogen and oxygen atoms in total. The predicted octanol–water partition coefficient (Wildman–Crippen LogP) is 1.74. The first kappa shape index (κ1) is 11.7. The smallest absolute Gasteiger partial charge is 0.178 e. The molecule has 2 aromatic heterocycles. The molecule has 0 aliphatic heterocycles. The minimum absolute atomic E-state index is 0.126. The lowest BCUT2D eigenvalue weighted by Gasteiger charge is -2.05. The van der Waals surface area contributed by atoms with Gasteiger partial charge in [-0.3, -0.25) is 4.98 Å². The zero-order valence-electron chi connectivity index (χ0n) is 10.1. The maximum absolute atomic E-state index is 5.73. The molecule has 0 amide bonds.